The van der Waals surface area contributed by atoms with Crippen molar-refractivity contribution in [3.05, 3.63) is 168 Å². The van der Waals surface area contributed by atoms with Crippen LogP contribution in [0.3, 0.4) is 0 Å². The second kappa shape index (κ2) is 12.8. The van der Waals surface area contributed by atoms with Gasteiger partial charge in [-0.2, -0.15) is 0 Å². The molecule has 7 rings (SSSR count). The van der Waals surface area contributed by atoms with Gasteiger partial charge in [0, 0.05) is 33.4 Å². The number of benzene rings is 5. The molecular weight excluding hydrogens is 568 g/mol. The van der Waals surface area contributed by atoms with Crippen LogP contribution in [0.15, 0.2) is 146 Å². The lowest BCUT2D eigenvalue weighted by molar-refractivity contribution is 0.0984. The van der Waals surface area contributed by atoms with Crippen LogP contribution in [0.1, 0.15) is 32.1 Å². The molecule has 0 saturated heterocycles. The number of nitrogens with one attached hydrogen (secondary N) is 2. The van der Waals surface area contributed by atoms with Gasteiger partial charge in [-0.1, -0.05) is 140 Å². The van der Waals surface area contributed by atoms with E-state index < -0.39 is 0 Å². The van der Waals surface area contributed by atoms with Crippen LogP contribution in [0.25, 0.3) is 45.3 Å². The predicted molar refractivity (Wildman–Crippen MR) is 181 cm³/mol. The van der Waals surface area contributed by atoms with Gasteiger partial charge in [-0.05, 0) is 6.07 Å². The standard InChI is InChI=1S/C40H30N4O2/c45-35(27-14-5-1-6-15-27)25-33-37(29-18-9-3-10-19-29)43-39(41-33)31-22-13-23-32(24-31)40-42-34(26-36(46)28-16-7-2-8-17-28)38(44-40)30-20-11-4-12-21-30/h1-24H,25-26H2,(H,41,43)(H,42,44). The third kappa shape index (κ3) is 6.10. The van der Waals surface area contributed by atoms with E-state index in [1.807, 2.05) is 146 Å². The molecule has 0 radical (unpaired) electrons. The zero-order valence-corrected chi connectivity index (χ0v) is 25.0. The van der Waals surface area contributed by atoms with Crippen LogP contribution in [0, 0.1) is 0 Å². The van der Waals surface area contributed by atoms with Crippen molar-refractivity contribution < 1.29 is 9.59 Å². The number of rotatable bonds is 10. The summed E-state index contributed by atoms with van der Waals surface area (Å²) < 4.78 is 0. The largest absolute Gasteiger partial charge is 0.341 e. The van der Waals surface area contributed by atoms with Crippen LogP contribution in [0.5, 0.6) is 0 Å². The number of aromatic amines is 2. The highest BCUT2D eigenvalue weighted by Crippen LogP contribution is 2.31. The van der Waals surface area contributed by atoms with Gasteiger partial charge >= 0.3 is 0 Å². The molecule has 6 nitrogen and oxygen atoms in total. The van der Waals surface area contributed by atoms with E-state index in [1.165, 1.54) is 0 Å². The molecule has 0 bridgehead atoms. The number of imidazole rings is 2. The first-order valence-electron chi connectivity index (χ1n) is 15.2. The minimum atomic E-state index is 0.0170. The number of hydrogen-bond acceptors (Lipinski definition) is 4. The summed E-state index contributed by atoms with van der Waals surface area (Å²) in [6.45, 7) is 0. The molecule has 46 heavy (non-hydrogen) atoms. The maximum atomic E-state index is 13.2. The van der Waals surface area contributed by atoms with Crippen LogP contribution < -0.4 is 0 Å². The zero-order chi connectivity index (χ0) is 31.3. The highest BCUT2D eigenvalue weighted by atomic mass is 16.1. The van der Waals surface area contributed by atoms with Crippen molar-refractivity contribution in [3.63, 3.8) is 0 Å². The minimum Gasteiger partial charge on any atom is -0.341 e. The maximum Gasteiger partial charge on any atom is 0.168 e. The van der Waals surface area contributed by atoms with Crippen LogP contribution in [-0.2, 0) is 12.8 Å². The van der Waals surface area contributed by atoms with Crippen LogP contribution in [-0.4, -0.2) is 31.5 Å². The summed E-state index contributed by atoms with van der Waals surface area (Å²) in [5.41, 5.74) is 7.90. The number of aromatic nitrogens is 4. The Morgan fingerprint density at radius 3 is 1.17 bits per heavy atom. The van der Waals surface area contributed by atoms with Crippen LogP contribution in [0.2, 0.25) is 0 Å². The predicted octanol–water partition coefficient (Wildman–Crippen LogP) is 8.65. The van der Waals surface area contributed by atoms with Crippen LogP contribution >= 0.6 is 0 Å². The summed E-state index contributed by atoms with van der Waals surface area (Å²) >= 11 is 0. The van der Waals surface area contributed by atoms with Gasteiger partial charge in [-0.25, -0.2) is 9.97 Å². The Bertz CT molecular complexity index is 1970. The third-order valence-electron chi connectivity index (χ3n) is 7.93. The van der Waals surface area contributed by atoms with E-state index in [9.17, 15) is 9.59 Å². The third-order valence-corrected chi connectivity index (χ3v) is 7.93. The molecule has 6 heteroatoms. The van der Waals surface area contributed by atoms with Gasteiger partial charge in [0.1, 0.15) is 11.6 Å². The van der Waals surface area contributed by atoms with Gasteiger partial charge in [0.25, 0.3) is 0 Å². The van der Waals surface area contributed by atoms with E-state index in [2.05, 4.69) is 9.97 Å². The number of ketones is 2. The van der Waals surface area contributed by atoms with Crippen molar-refractivity contribution >= 4 is 11.6 Å². The van der Waals surface area contributed by atoms with Crippen molar-refractivity contribution in [2.45, 2.75) is 12.8 Å². The minimum absolute atomic E-state index is 0.0170. The smallest absolute Gasteiger partial charge is 0.168 e. The quantitative estimate of drug-likeness (QED) is 0.154. The molecule has 0 aliphatic rings. The second-order valence-corrected chi connectivity index (χ2v) is 11.1. The number of hydrogen-bond donors (Lipinski definition) is 2. The number of nitrogens with zero attached hydrogens (tertiary/aromatic N) is 2. The number of Topliss-reactive ketones (excluding diaryl/α,β-unsaturated/α-hetero) is 2. The normalized spacial score (nSPS) is 11.0. The summed E-state index contributed by atoms with van der Waals surface area (Å²) in [5.74, 6) is 1.35. The summed E-state index contributed by atoms with van der Waals surface area (Å²) in [5, 5.41) is 0. The highest BCUT2D eigenvalue weighted by molar-refractivity contribution is 5.99. The molecule has 2 N–H and O–H groups in total. The van der Waals surface area contributed by atoms with Gasteiger partial charge in [-0.15, -0.1) is 0 Å². The van der Waals surface area contributed by atoms with E-state index in [0.29, 0.717) is 22.8 Å². The maximum absolute atomic E-state index is 13.2. The Morgan fingerprint density at radius 1 is 0.435 bits per heavy atom. The van der Waals surface area contributed by atoms with Crippen molar-refractivity contribution in [1.29, 1.82) is 0 Å². The van der Waals surface area contributed by atoms with Crippen molar-refractivity contribution in [1.82, 2.24) is 19.9 Å². The first kappa shape index (κ1) is 28.6. The fourth-order valence-corrected chi connectivity index (χ4v) is 5.60. The molecule has 0 amide bonds. The van der Waals surface area contributed by atoms with Gasteiger partial charge in [-0.3, -0.25) is 9.59 Å². The molecule has 222 valence electrons. The Balaban J connectivity index is 1.25. The summed E-state index contributed by atoms with van der Waals surface area (Å²) in [6, 6.07) is 46.4. The molecule has 0 aliphatic carbocycles. The summed E-state index contributed by atoms with van der Waals surface area (Å²) in [7, 11) is 0. The average Bonchev–Trinajstić information content (AvgIpc) is 3.74. The molecule has 5 aromatic carbocycles. The van der Waals surface area contributed by atoms with E-state index in [1.54, 1.807) is 0 Å². The molecule has 7 aromatic rings. The fourth-order valence-electron chi connectivity index (χ4n) is 5.60. The lowest BCUT2D eigenvalue weighted by Gasteiger charge is -2.03. The van der Waals surface area contributed by atoms with E-state index in [4.69, 9.17) is 9.97 Å². The monoisotopic (exact) mass is 598 g/mol. The van der Waals surface area contributed by atoms with E-state index in [-0.39, 0.29) is 24.4 Å². The first-order chi connectivity index (χ1) is 22.6. The topological polar surface area (TPSA) is 91.5 Å². The Labute approximate surface area is 266 Å². The second-order valence-electron chi connectivity index (χ2n) is 11.1. The molecular formula is C40H30N4O2. The molecule has 0 unspecified atom stereocenters. The molecule has 0 atom stereocenters. The van der Waals surface area contributed by atoms with Gasteiger partial charge < -0.3 is 9.97 Å². The van der Waals surface area contributed by atoms with E-state index >= 15 is 0 Å². The highest BCUT2D eigenvalue weighted by Gasteiger charge is 2.20. The Morgan fingerprint density at radius 2 is 0.783 bits per heavy atom. The molecule has 2 heterocycles. The van der Waals surface area contributed by atoms with Crippen molar-refractivity contribution in [3.8, 4) is 45.3 Å². The van der Waals surface area contributed by atoms with Gasteiger partial charge in [0.2, 0.25) is 0 Å². The van der Waals surface area contributed by atoms with Gasteiger partial charge in [0.15, 0.2) is 11.6 Å². The van der Waals surface area contributed by atoms with E-state index in [0.717, 1.165) is 45.0 Å². The number of H-pyrrole nitrogens is 2. The molecule has 0 saturated carbocycles. The molecule has 0 spiro atoms. The summed E-state index contributed by atoms with van der Waals surface area (Å²) in [6.07, 6.45) is 0.386. The SMILES string of the molecule is O=C(Cc1[nH]c(-c2cccc(-c3nc(-c4ccccc4)c(CC(=O)c4ccccc4)[nH]3)c2)nc1-c1ccccc1)c1ccccc1. The van der Waals surface area contributed by atoms with Crippen LogP contribution in [0.4, 0.5) is 0 Å². The zero-order valence-electron chi connectivity index (χ0n) is 25.0. The Kier molecular flexibility index (Phi) is 7.99. The number of carbonyl (C=O) groups is 2. The van der Waals surface area contributed by atoms with Crippen molar-refractivity contribution in [2.24, 2.45) is 0 Å². The lowest BCUT2D eigenvalue weighted by atomic mass is 10.0. The first-order valence-corrected chi connectivity index (χ1v) is 15.2. The molecule has 2 aromatic heterocycles. The Hall–Kier alpha value is -6.14. The molecule has 0 fully saturated rings. The summed E-state index contributed by atoms with van der Waals surface area (Å²) in [4.78, 5) is 43.3. The lowest BCUT2D eigenvalue weighted by Crippen LogP contribution is -2.04. The van der Waals surface area contributed by atoms with Gasteiger partial charge in [0.05, 0.1) is 35.6 Å². The average molecular weight is 599 g/mol. The fraction of sp³-hybridized carbons (Fsp3) is 0.0500. The van der Waals surface area contributed by atoms with Crippen molar-refractivity contribution in [2.75, 3.05) is 0 Å². The molecule has 0 aliphatic heterocycles. The number of carbonyl (C=O) groups excluding carboxylic acids is 2.